The summed E-state index contributed by atoms with van der Waals surface area (Å²) in [5.74, 6) is 0. The first-order valence-electron chi connectivity index (χ1n) is 7.35. The molecule has 0 atom stereocenters. The molecular formula is C18H19N3S. The second-order valence-electron chi connectivity index (χ2n) is 6.60. The summed E-state index contributed by atoms with van der Waals surface area (Å²) >= 11 is 1.63. The molecule has 3 aromatic rings. The number of thiazole rings is 1. The smallest absolute Gasteiger partial charge is 0.194 e. The highest BCUT2D eigenvalue weighted by atomic mass is 32.1. The molecule has 4 heteroatoms. The van der Waals surface area contributed by atoms with Crippen LogP contribution in [0.3, 0.4) is 0 Å². The fourth-order valence-corrected chi connectivity index (χ4v) is 3.60. The van der Waals surface area contributed by atoms with Gasteiger partial charge in [0, 0.05) is 10.8 Å². The van der Waals surface area contributed by atoms with E-state index in [9.17, 15) is 5.26 Å². The van der Waals surface area contributed by atoms with Gasteiger partial charge in [-0.1, -0.05) is 50.6 Å². The Labute approximate surface area is 134 Å². The molecule has 0 spiro atoms. The maximum absolute atomic E-state index is 9.24. The summed E-state index contributed by atoms with van der Waals surface area (Å²) in [6, 6.07) is 10.8. The first kappa shape index (κ1) is 14.8. The third-order valence-electron chi connectivity index (χ3n) is 3.76. The van der Waals surface area contributed by atoms with Crippen LogP contribution in [0, 0.1) is 18.3 Å². The minimum Gasteiger partial charge on any atom is -0.286 e. The van der Waals surface area contributed by atoms with Gasteiger partial charge < -0.3 is 0 Å². The minimum atomic E-state index is -0.0670. The number of hydrogen-bond acceptors (Lipinski definition) is 3. The van der Waals surface area contributed by atoms with E-state index in [1.807, 2.05) is 0 Å². The van der Waals surface area contributed by atoms with Crippen molar-refractivity contribution in [1.82, 2.24) is 9.38 Å². The summed E-state index contributed by atoms with van der Waals surface area (Å²) in [6.07, 6.45) is 0.378. The summed E-state index contributed by atoms with van der Waals surface area (Å²) in [4.78, 5) is 5.76. The molecule has 112 valence electrons. The SMILES string of the molecule is Cc1ccc(-c2csc3nc(C(C)(C)C)c(CC#N)n23)cc1. The Morgan fingerprint density at radius 1 is 1.23 bits per heavy atom. The molecule has 2 heterocycles. The van der Waals surface area contributed by atoms with Gasteiger partial charge in [-0.25, -0.2) is 4.98 Å². The molecule has 3 rings (SSSR count). The molecule has 0 aliphatic heterocycles. The van der Waals surface area contributed by atoms with Crippen LogP contribution in [0.1, 0.15) is 37.7 Å². The Kier molecular flexibility index (Phi) is 3.54. The minimum absolute atomic E-state index is 0.0670. The van der Waals surface area contributed by atoms with Crippen LogP contribution in [0.15, 0.2) is 29.6 Å². The van der Waals surface area contributed by atoms with E-state index in [1.165, 1.54) is 5.56 Å². The van der Waals surface area contributed by atoms with Crippen LogP contribution in [-0.2, 0) is 11.8 Å². The van der Waals surface area contributed by atoms with Crippen molar-refractivity contribution >= 4 is 16.3 Å². The molecule has 0 bridgehead atoms. The first-order chi connectivity index (χ1) is 10.4. The van der Waals surface area contributed by atoms with Crippen molar-refractivity contribution in [3.8, 4) is 17.3 Å². The summed E-state index contributed by atoms with van der Waals surface area (Å²) < 4.78 is 2.15. The molecule has 0 unspecified atom stereocenters. The zero-order chi connectivity index (χ0) is 15.9. The summed E-state index contributed by atoms with van der Waals surface area (Å²) in [5, 5.41) is 11.4. The van der Waals surface area contributed by atoms with Crippen molar-refractivity contribution in [3.63, 3.8) is 0 Å². The van der Waals surface area contributed by atoms with E-state index in [4.69, 9.17) is 4.98 Å². The number of aryl methyl sites for hydroxylation is 1. The van der Waals surface area contributed by atoms with Gasteiger partial charge >= 0.3 is 0 Å². The largest absolute Gasteiger partial charge is 0.286 e. The topological polar surface area (TPSA) is 41.1 Å². The van der Waals surface area contributed by atoms with E-state index >= 15 is 0 Å². The third-order valence-corrected chi connectivity index (χ3v) is 4.59. The normalized spacial score (nSPS) is 11.8. The van der Waals surface area contributed by atoms with Crippen LogP contribution in [0.4, 0.5) is 0 Å². The average molecular weight is 309 g/mol. The summed E-state index contributed by atoms with van der Waals surface area (Å²) in [5.41, 5.74) is 5.49. The van der Waals surface area contributed by atoms with Crippen molar-refractivity contribution < 1.29 is 0 Å². The molecule has 0 saturated carbocycles. The zero-order valence-electron chi connectivity index (χ0n) is 13.3. The van der Waals surface area contributed by atoms with Gasteiger partial charge in [0.1, 0.15) is 0 Å². The fraction of sp³-hybridized carbons (Fsp3) is 0.333. The number of fused-ring (bicyclic) bond motifs is 1. The van der Waals surface area contributed by atoms with E-state index in [0.717, 1.165) is 27.6 Å². The van der Waals surface area contributed by atoms with Gasteiger partial charge in [-0.3, -0.25) is 4.40 Å². The second-order valence-corrected chi connectivity index (χ2v) is 7.43. The van der Waals surface area contributed by atoms with E-state index in [0.29, 0.717) is 6.42 Å². The molecule has 0 saturated heterocycles. The number of rotatable bonds is 2. The molecular weight excluding hydrogens is 290 g/mol. The molecule has 0 aliphatic rings. The highest BCUT2D eigenvalue weighted by molar-refractivity contribution is 7.15. The lowest BCUT2D eigenvalue weighted by molar-refractivity contribution is 0.566. The van der Waals surface area contributed by atoms with Crippen molar-refractivity contribution in [1.29, 1.82) is 5.26 Å². The van der Waals surface area contributed by atoms with E-state index < -0.39 is 0 Å². The van der Waals surface area contributed by atoms with Crippen LogP contribution < -0.4 is 0 Å². The van der Waals surface area contributed by atoms with Gasteiger partial charge in [-0.15, -0.1) is 11.3 Å². The van der Waals surface area contributed by atoms with Crippen molar-refractivity contribution in [2.75, 3.05) is 0 Å². The van der Waals surface area contributed by atoms with Crippen LogP contribution in [0.25, 0.3) is 16.2 Å². The second kappa shape index (κ2) is 5.26. The number of nitriles is 1. The van der Waals surface area contributed by atoms with E-state index in [2.05, 4.69) is 67.8 Å². The molecule has 0 radical (unpaired) electrons. The Bertz CT molecular complexity index is 855. The number of aromatic nitrogens is 2. The third kappa shape index (κ3) is 2.42. The van der Waals surface area contributed by atoms with Gasteiger partial charge in [0.05, 0.1) is 29.6 Å². The fourth-order valence-electron chi connectivity index (χ4n) is 2.68. The summed E-state index contributed by atoms with van der Waals surface area (Å²) in [7, 11) is 0. The summed E-state index contributed by atoms with van der Waals surface area (Å²) in [6.45, 7) is 8.52. The first-order valence-corrected chi connectivity index (χ1v) is 8.23. The highest BCUT2D eigenvalue weighted by Gasteiger charge is 2.25. The van der Waals surface area contributed by atoms with Crippen LogP contribution >= 0.6 is 11.3 Å². The highest BCUT2D eigenvalue weighted by Crippen LogP contribution is 2.33. The van der Waals surface area contributed by atoms with E-state index in [1.54, 1.807) is 11.3 Å². The zero-order valence-corrected chi connectivity index (χ0v) is 14.2. The number of imidazole rings is 1. The molecule has 0 aliphatic carbocycles. The molecule has 3 nitrogen and oxygen atoms in total. The Morgan fingerprint density at radius 2 is 1.91 bits per heavy atom. The van der Waals surface area contributed by atoms with Gasteiger partial charge in [-0.2, -0.15) is 5.26 Å². The molecule has 1 aromatic carbocycles. The van der Waals surface area contributed by atoms with Gasteiger partial charge in [0.2, 0.25) is 0 Å². The maximum Gasteiger partial charge on any atom is 0.194 e. The molecule has 0 fully saturated rings. The van der Waals surface area contributed by atoms with Gasteiger partial charge in [-0.05, 0) is 12.5 Å². The van der Waals surface area contributed by atoms with Gasteiger partial charge in [0.15, 0.2) is 4.96 Å². The van der Waals surface area contributed by atoms with Crippen LogP contribution in [0.2, 0.25) is 0 Å². The Hall–Kier alpha value is -2.12. The molecule has 22 heavy (non-hydrogen) atoms. The molecule has 0 N–H and O–H groups in total. The monoisotopic (exact) mass is 309 g/mol. The predicted molar refractivity (Wildman–Crippen MR) is 91.3 cm³/mol. The van der Waals surface area contributed by atoms with Crippen molar-refractivity contribution in [2.45, 2.75) is 39.5 Å². The number of benzene rings is 1. The standard InChI is InChI=1S/C18H19N3S/c1-12-5-7-13(8-6-12)15-11-22-17-20-16(18(2,3)4)14(9-10-19)21(15)17/h5-8,11H,9H2,1-4H3. The maximum atomic E-state index is 9.24. The van der Waals surface area contributed by atoms with E-state index in [-0.39, 0.29) is 5.41 Å². The van der Waals surface area contributed by atoms with Crippen molar-refractivity contribution in [2.24, 2.45) is 0 Å². The van der Waals surface area contributed by atoms with Crippen LogP contribution in [0.5, 0.6) is 0 Å². The lowest BCUT2D eigenvalue weighted by atomic mass is 9.90. The lowest BCUT2D eigenvalue weighted by Gasteiger charge is -2.17. The number of nitrogens with zero attached hydrogens (tertiary/aromatic N) is 3. The Morgan fingerprint density at radius 3 is 2.50 bits per heavy atom. The predicted octanol–water partition coefficient (Wildman–Crippen LogP) is 4.73. The number of hydrogen-bond donors (Lipinski definition) is 0. The average Bonchev–Trinajstić information content (AvgIpc) is 3.00. The van der Waals surface area contributed by atoms with Gasteiger partial charge in [0.25, 0.3) is 0 Å². The molecule has 0 amide bonds. The van der Waals surface area contributed by atoms with Crippen molar-refractivity contribution in [3.05, 3.63) is 46.6 Å². The van der Waals surface area contributed by atoms with Crippen LogP contribution in [-0.4, -0.2) is 9.38 Å². The quantitative estimate of drug-likeness (QED) is 0.686. The lowest BCUT2D eigenvalue weighted by Crippen LogP contribution is -2.15. The Balaban J connectivity index is 2.27. The molecule has 2 aromatic heterocycles.